The van der Waals surface area contributed by atoms with Crippen LogP contribution in [0.15, 0.2) is 16.2 Å². The van der Waals surface area contributed by atoms with Gasteiger partial charge < -0.3 is 9.63 Å². The van der Waals surface area contributed by atoms with Crippen LogP contribution in [-0.2, 0) is 0 Å². The second-order valence-corrected chi connectivity index (χ2v) is 5.52. The van der Waals surface area contributed by atoms with Gasteiger partial charge in [0, 0.05) is 6.20 Å². The molecule has 2 aromatic heterocycles. The van der Waals surface area contributed by atoms with Crippen LogP contribution in [0.25, 0.3) is 10.7 Å². The van der Waals surface area contributed by atoms with Gasteiger partial charge in [-0.2, -0.15) is 4.98 Å². The first-order valence-corrected chi connectivity index (χ1v) is 7.13. The van der Waals surface area contributed by atoms with Crippen LogP contribution in [0, 0.1) is 0 Å². The lowest BCUT2D eigenvalue weighted by Gasteiger charge is -2.15. The topological polar surface area (TPSA) is 72.0 Å². The molecule has 6 heteroatoms. The number of aliphatic hydroxyl groups is 1. The Bertz CT molecular complexity index is 497. The summed E-state index contributed by atoms with van der Waals surface area (Å²) in [6.07, 6.45) is 6.47. The molecular formula is C12H15N3O2S. The highest BCUT2D eigenvalue weighted by Crippen LogP contribution is 2.32. The fourth-order valence-corrected chi connectivity index (χ4v) is 2.93. The summed E-state index contributed by atoms with van der Waals surface area (Å²) in [5.41, 5.74) is 1.74. The highest BCUT2D eigenvalue weighted by atomic mass is 32.1. The number of nitrogens with zero attached hydrogens (tertiary/aromatic N) is 3. The van der Waals surface area contributed by atoms with Crippen molar-refractivity contribution in [2.75, 3.05) is 0 Å². The van der Waals surface area contributed by atoms with Gasteiger partial charge in [0.05, 0.1) is 22.4 Å². The van der Waals surface area contributed by atoms with Gasteiger partial charge in [-0.15, -0.1) is 11.3 Å². The lowest BCUT2D eigenvalue weighted by atomic mass is 9.97. The summed E-state index contributed by atoms with van der Waals surface area (Å²) >= 11 is 1.48. The summed E-state index contributed by atoms with van der Waals surface area (Å²) in [5.74, 6) is 1.12. The molecule has 1 fully saturated rings. The van der Waals surface area contributed by atoms with Gasteiger partial charge in [0.1, 0.15) is 0 Å². The number of rotatable bonds is 2. The molecule has 2 unspecified atom stereocenters. The molecule has 1 aliphatic rings. The molecule has 96 valence electrons. The third-order valence-electron chi connectivity index (χ3n) is 3.39. The minimum absolute atomic E-state index is 0.0123. The standard InChI is InChI=1S/C12H15N3O2S/c16-9-5-3-1-2-4-8(9)12-14-11(15-17-12)10-6-13-7-18-10/h6-9,16H,1-5H2. The SMILES string of the molecule is OC1CCCCCC1c1nc(-c2cncs2)no1. The molecule has 2 atom stereocenters. The second kappa shape index (κ2) is 5.16. The van der Waals surface area contributed by atoms with Gasteiger partial charge in [0.25, 0.3) is 0 Å². The molecule has 0 radical (unpaired) electrons. The van der Waals surface area contributed by atoms with Crippen LogP contribution in [0.2, 0.25) is 0 Å². The van der Waals surface area contributed by atoms with Crippen LogP contribution >= 0.6 is 11.3 Å². The van der Waals surface area contributed by atoms with E-state index >= 15 is 0 Å². The summed E-state index contributed by atoms with van der Waals surface area (Å²) in [5, 5.41) is 14.1. The maximum atomic E-state index is 10.1. The first-order valence-electron chi connectivity index (χ1n) is 6.25. The van der Waals surface area contributed by atoms with Crippen LogP contribution < -0.4 is 0 Å². The van der Waals surface area contributed by atoms with Crippen molar-refractivity contribution in [3.05, 3.63) is 17.6 Å². The molecule has 1 aliphatic carbocycles. The molecule has 1 N–H and O–H groups in total. The quantitative estimate of drug-likeness (QED) is 0.845. The van der Waals surface area contributed by atoms with Crippen LogP contribution in [0.3, 0.4) is 0 Å². The number of aromatic nitrogens is 3. The molecule has 0 saturated heterocycles. The largest absolute Gasteiger partial charge is 0.392 e. The van der Waals surface area contributed by atoms with E-state index in [-0.39, 0.29) is 12.0 Å². The van der Waals surface area contributed by atoms with Crippen molar-refractivity contribution in [3.8, 4) is 10.7 Å². The van der Waals surface area contributed by atoms with Crippen molar-refractivity contribution in [1.82, 2.24) is 15.1 Å². The average Bonchev–Trinajstić information content (AvgIpc) is 3.00. The van der Waals surface area contributed by atoms with E-state index < -0.39 is 0 Å². The number of hydrogen-bond donors (Lipinski definition) is 1. The molecule has 0 aliphatic heterocycles. The number of thiazole rings is 1. The summed E-state index contributed by atoms with van der Waals surface area (Å²) in [6, 6.07) is 0. The van der Waals surface area contributed by atoms with Gasteiger partial charge in [-0.25, -0.2) is 0 Å². The Morgan fingerprint density at radius 1 is 1.28 bits per heavy atom. The highest BCUT2D eigenvalue weighted by molar-refractivity contribution is 7.13. The van der Waals surface area contributed by atoms with E-state index in [0.717, 1.165) is 30.6 Å². The normalized spacial score (nSPS) is 24.9. The molecule has 2 heterocycles. The molecule has 0 aromatic carbocycles. The van der Waals surface area contributed by atoms with Crippen molar-refractivity contribution < 1.29 is 9.63 Å². The average molecular weight is 265 g/mol. The van der Waals surface area contributed by atoms with Gasteiger partial charge in [-0.05, 0) is 12.8 Å². The third kappa shape index (κ3) is 2.30. The Balaban J connectivity index is 1.83. The molecular weight excluding hydrogens is 250 g/mol. The fraction of sp³-hybridized carbons (Fsp3) is 0.583. The Kier molecular flexibility index (Phi) is 3.38. The van der Waals surface area contributed by atoms with E-state index in [4.69, 9.17) is 4.52 Å². The lowest BCUT2D eigenvalue weighted by Crippen LogP contribution is -2.17. The van der Waals surface area contributed by atoms with Crippen LogP contribution in [0.4, 0.5) is 0 Å². The first-order chi connectivity index (χ1) is 8.84. The zero-order valence-electron chi connectivity index (χ0n) is 9.95. The van der Waals surface area contributed by atoms with Crippen molar-refractivity contribution in [2.24, 2.45) is 0 Å². The van der Waals surface area contributed by atoms with E-state index in [0.29, 0.717) is 11.7 Å². The van der Waals surface area contributed by atoms with Crippen LogP contribution in [0.5, 0.6) is 0 Å². The predicted octanol–water partition coefficient (Wildman–Crippen LogP) is 2.60. The Hall–Kier alpha value is -1.27. The Morgan fingerprint density at radius 2 is 2.17 bits per heavy atom. The maximum Gasteiger partial charge on any atom is 0.232 e. The van der Waals surface area contributed by atoms with E-state index in [1.165, 1.54) is 17.8 Å². The monoisotopic (exact) mass is 265 g/mol. The van der Waals surface area contributed by atoms with Gasteiger partial charge in [-0.3, -0.25) is 4.98 Å². The van der Waals surface area contributed by atoms with E-state index in [9.17, 15) is 5.11 Å². The van der Waals surface area contributed by atoms with E-state index in [1.807, 2.05) is 0 Å². The zero-order chi connectivity index (χ0) is 12.4. The molecule has 0 bridgehead atoms. The molecule has 1 saturated carbocycles. The van der Waals surface area contributed by atoms with Crippen molar-refractivity contribution >= 4 is 11.3 Å². The highest BCUT2D eigenvalue weighted by Gasteiger charge is 2.28. The van der Waals surface area contributed by atoms with Gasteiger partial charge in [0.2, 0.25) is 11.7 Å². The summed E-state index contributed by atoms with van der Waals surface area (Å²) in [7, 11) is 0. The third-order valence-corrected chi connectivity index (χ3v) is 4.16. The number of hydrogen-bond acceptors (Lipinski definition) is 6. The Morgan fingerprint density at radius 3 is 3.00 bits per heavy atom. The van der Waals surface area contributed by atoms with Crippen molar-refractivity contribution in [1.29, 1.82) is 0 Å². The molecule has 18 heavy (non-hydrogen) atoms. The van der Waals surface area contributed by atoms with Crippen LogP contribution in [-0.4, -0.2) is 26.3 Å². The first kappa shape index (κ1) is 11.8. The van der Waals surface area contributed by atoms with Crippen LogP contribution in [0.1, 0.15) is 43.9 Å². The minimum atomic E-state index is -0.359. The van der Waals surface area contributed by atoms with Crippen molar-refractivity contribution in [3.63, 3.8) is 0 Å². The summed E-state index contributed by atoms with van der Waals surface area (Å²) in [4.78, 5) is 9.30. The van der Waals surface area contributed by atoms with Gasteiger partial charge in [0.15, 0.2) is 0 Å². The molecule has 3 rings (SSSR count). The van der Waals surface area contributed by atoms with Gasteiger partial charge >= 0.3 is 0 Å². The molecule has 2 aromatic rings. The van der Waals surface area contributed by atoms with E-state index in [1.54, 1.807) is 11.7 Å². The second-order valence-electron chi connectivity index (χ2n) is 4.63. The Labute approximate surface area is 109 Å². The zero-order valence-corrected chi connectivity index (χ0v) is 10.8. The van der Waals surface area contributed by atoms with E-state index in [2.05, 4.69) is 15.1 Å². The smallest absolute Gasteiger partial charge is 0.232 e. The molecule has 0 amide bonds. The summed E-state index contributed by atoms with van der Waals surface area (Å²) < 4.78 is 5.31. The fourth-order valence-electron chi connectivity index (χ4n) is 2.39. The van der Waals surface area contributed by atoms with Crippen molar-refractivity contribution in [2.45, 2.75) is 44.1 Å². The number of aliphatic hydroxyl groups excluding tert-OH is 1. The van der Waals surface area contributed by atoms with Gasteiger partial charge in [-0.1, -0.05) is 24.4 Å². The minimum Gasteiger partial charge on any atom is -0.392 e. The summed E-state index contributed by atoms with van der Waals surface area (Å²) in [6.45, 7) is 0. The molecule has 0 spiro atoms. The predicted molar refractivity (Wildman–Crippen MR) is 67.2 cm³/mol. The molecule has 5 nitrogen and oxygen atoms in total. The maximum absolute atomic E-state index is 10.1. The lowest BCUT2D eigenvalue weighted by molar-refractivity contribution is 0.119.